The molecule has 10 heteroatoms. The van der Waals surface area contributed by atoms with Crippen LogP contribution in [0.1, 0.15) is 36.6 Å². The molecule has 5 rings (SSSR count). The van der Waals surface area contributed by atoms with Crippen molar-refractivity contribution in [2.75, 3.05) is 14.2 Å². The largest absolute Gasteiger partial charge is 0.497 e. The number of imidazole rings is 1. The maximum absolute atomic E-state index is 12.0. The Bertz CT molecular complexity index is 1790. The lowest BCUT2D eigenvalue weighted by Crippen LogP contribution is -2.11. The molecule has 1 heterocycles. The van der Waals surface area contributed by atoms with Crippen LogP contribution in [0.5, 0.6) is 11.5 Å². The number of carboxylic acid groups (broad SMARTS) is 2. The number of rotatable bonds is 10. The molecule has 0 aliphatic carbocycles. The standard InChI is InChI=1S/C33H27N3O7/c1-42-26-11-7-20(8-12-26)28-29(21-9-13-27(43-2)14-10-21)36(18-19-3-5-22(6-4-19)30(34)37)31(35-28)23-15-24(32(38)39)17-25(16-23)33(40)41/h3-17H,18H2,1-2H3,(H2,34,37)(H,38,39)(H,40,41). The molecule has 0 aliphatic heterocycles. The summed E-state index contributed by atoms with van der Waals surface area (Å²) in [4.78, 5) is 40.6. The number of hydrogen-bond acceptors (Lipinski definition) is 6. The van der Waals surface area contributed by atoms with Gasteiger partial charge in [0.1, 0.15) is 17.3 Å². The fraction of sp³-hybridized carbons (Fsp3) is 0.0909. The number of nitrogens with zero attached hydrogens (tertiary/aromatic N) is 2. The molecule has 0 fully saturated rings. The molecular formula is C33H27N3O7. The van der Waals surface area contributed by atoms with Crippen molar-refractivity contribution in [3.63, 3.8) is 0 Å². The lowest BCUT2D eigenvalue weighted by molar-refractivity contribution is 0.0696. The van der Waals surface area contributed by atoms with Gasteiger partial charge in [-0.2, -0.15) is 0 Å². The predicted molar refractivity (Wildman–Crippen MR) is 160 cm³/mol. The summed E-state index contributed by atoms with van der Waals surface area (Å²) in [5, 5.41) is 19.5. The van der Waals surface area contributed by atoms with Crippen LogP contribution in [0.15, 0.2) is 91.0 Å². The highest BCUT2D eigenvalue weighted by Gasteiger charge is 2.24. The van der Waals surface area contributed by atoms with E-state index in [-0.39, 0.29) is 17.7 Å². The molecule has 0 bridgehead atoms. The summed E-state index contributed by atoms with van der Waals surface area (Å²) in [5.74, 6) is -1.43. The summed E-state index contributed by atoms with van der Waals surface area (Å²) >= 11 is 0. The summed E-state index contributed by atoms with van der Waals surface area (Å²) in [5.41, 5.74) is 9.33. The van der Waals surface area contributed by atoms with Gasteiger partial charge in [0, 0.05) is 28.8 Å². The zero-order valence-electron chi connectivity index (χ0n) is 23.3. The van der Waals surface area contributed by atoms with Gasteiger partial charge in [-0.3, -0.25) is 4.79 Å². The van der Waals surface area contributed by atoms with Gasteiger partial charge in [-0.15, -0.1) is 0 Å². The first-order valence-electron chi connectivity index (χ1n) is 13.1. The van der Waals surface area contributed by atoms with Crippen molar-refractivity contribution in [1.82, 2.24) is 9.55 Å². The minimum Gasteiger partial charge on any atom is -0.497 e. The predicted octanol–water partition coefficient (Wildman–Crippen LogP) is 5.44. The van der Waals surface area contributed by atoms with Crippen LogP contribution >= 0.6 is 0 Å². The first-order chi connectivity index (χ1) is 20.7. The SMILES string of the molecule is COc1ccc(-c2nc(-c3cc(C(=O)O)cc(C(=O)O)c3)n(Cc3ccc(C(N)=O)cc3)c2-c2ccc(OC)cc2)cc1. The lowest BCUT2D eigenvalue weighted by Gasteiger charge is -2.15. The van der Waals surface area contributed by atoms with Gasteiger partial charge < -0.3 is 30.0 Å². The lowest BCUT2D eigenvalue weighted by atomic mass is 10.0. The molecule has 10 nitrogen and oxygen atoms in total. The molecule has 0 saturated heterocycles. The Morgan fingerprint density at radius 2 is 1.21 bits per heavy atom. The Hall–Kier alpha value is -5.90. The number of amides is 1. The fourth-order valence-electron chi connectivity index (χ4n) is 4.78. The third-order valence-corrected chi connectivity index (χ3v) is 6.96. The topological polar surface area (TPSA) is 154 Å². The zero-order chi connectivity index (χ0) is 30.7. The molecule has 4 aromatic carbocycles. The van der Waals surface area contributed by atoms with Gasteiger partial charge in [-0.05, 0) is 84.4 Å². The molecule has 0 spiro atoms. The second kappa shape index (κ2) is 11.9. The van der Waals surface area contributed by atoms with Crippen LogP contribution in [-0.2, 0) is 6.54 Å². The molecule has 1 aromatic heterocycles. The number of aromatic nitrogens is 2. The molecule has 43 heavy (non-hydrogen) atoms. The second-order valence-corrected chi connectivity index (χ2v) is 9.65. The average Bonchev–Trinajstić information content (AvgIpc) is 3.40. The summed E-state index contributed by atoms with van der Waals surface area (Å²) in [7, 11) is 3.15. The Balaban J connectivity index is 1.82. The smallest absolute Gasteiger partial charge is 0.335 e. The van der Waals surface area contributed by atoms with Gasteiger partial charge in [-0.25, -0.2) is 14.6 Å². The third kappa shape index (κ3) is 5.94. The number of aromatic carboxylic acids is 2. The van der Waals surface area contributed by atoms with E-state index in [9.17, 15) is 24.6 Å². The molecular weight excluding hydrogens is 550 g/mol. The van der Waals surface area contributed by atoms with E-state index >= 15 is 0 Å². The first-order valence-corrected chi connectivity index (χ1v) is 13.1. The van der Waals surface area contributed by atoms with Gasteiger partial charge in [0.25, 0.3) is 0 Å². The zero-order valence-corrected chi connectivity index (χ0v) is 23.3. The average molecular weight is 578 g/mol. The van der Waals surface area contributed by atoms with Crippen molar-refractivity contribution in [2.45, 2.75) is 6.54 Å². The number of hydrogen-bond donors (Lipinski definition) is 3. The van der Waals surface area contributed by atoms with Crippen LogP contribution in [-0.4, -0.2) is 51.8 Å². The molecule has 0 saturated carbocycles. The highest BCUT2D eigenvalue weighted by molar-refractivity contribution is 5.96. The highest BCUT2D eigenvalue weighted by Crippen LogP contribution is 2.38. The van der Waals surface area contributed by atoms with Gasteiger partial charge >= 0.3 is 11.9 Å². The van der Waals surface area contributed by atoms with Gasteiger partial charge in [-0.1, -0.05) is 12.1 Å². The Morgan fingerprint density at radius 3 is 1.67 bits per heavy atom. The summed E-state index contributed by atoms with van der Waals surface area (Å²) < 4.78 is 12.6. The van der Waals surface area contributed by atoms with Crippen molar-refractivity contribution in [3.8, 4) is 45.4 Å². The van der Waals surface area contributed by atoms with E-state index in [1.165, 1.54) is 12.1 Å². The van der Waals surface area contributed by atoms with Crippen LogP contribution in [0.25, 0.3) is 33.9 Å². The number of carbonyl (C=O) groups is 3. The van der Waals surface area contributed by atoms with Gasteiger partial charge in [0.15, 0.2) is 0 Å². The quantitative estimate of drug-likeness (QED) is 0.198. The van der Waals surface area contributed by atoms with Crippen LogP contribution in [0.2, 0.25) is 0 Å². The molecule has 0 aliphatic rings. The third-order valence-electron chi connectivity index (χ3n) is 6.96. The Kier molecular flexibility index (Phi) is 7.93. The fourth-order valence-corrected chi connectivity index (χ4v) is 4.78. The van der Waals surface area contributed by atoms with E-state index in [1.54, 1.807) is 38.5 Å². The van der Waals surface area contributed by atoms with Crippen molar-refractivity contribution in [3.05, 3.63) is 113 Å². The summed E-state index contributed by atoms with van der Waals surface area (Å²) in [6.45, 7) is 0.249. The van der Waals surface area contributed by atoms with Gasteiger partial charge in [0.05, 0.1) is 36.7 Å². The van der Waals surface area contributed by atoms with Crippen molar-refractivity contribution in [1.29, 1.82) is 0 Å². The molecule has 0 unspecified atom stereocenters. The van der Waals surface area contributed by atoms with Crippen molar-refractivity contribution < 1.29 is 34.1 Å². The monoisotopic (exact) mass is 577 g/mol. The van der Waals surface area contributed by atoms with Crippen molar-refractivity contribution in [2.24, 2.45) is 5.73 Å². The highest BCUT2D eigenvalue weighted by atomic mass is 16.5. The number of nitrogens with two attached hydrogens (primary N) is 1. The minimum absolute atomic E-state index is 0.188. The normalized spacial score (nSPS) is 10.7. The maximum Gasteiger partial charge on any atom is 0.335 e. The Labute approximate surface area is 246 Å². The van der Waals surface area contributed by atoms with Crippen LogP contribution in [0, 0.1) is 0 Å². The molecule has 0 radical (unpaired) electrons. The molecule has 5 aromatic rings. The number of ether oxygens (including phenoxy) is 2. The van der Waals surface area contributed by atoms with Crippen LogP contribution < -0.4 is 15.2 Å². The van der Waals surface area contributed by atoms with E-state index in [1.807, 2.05) is 53.1 Å². The minimum atomic E-state index is -1.27. The van der Waals surface area contributed by atoms with E-state index in [0.29, 0.717) is 39.8 Å². The van der Waals surface area contributed by atoms with Crippen LogP contribution in [0.4, 0.5) is 0 Å². The van der Waals surface area contributed by atoms with E-state index in [0.717, 1.165) is 22.8 Å². The number of methoxy groups -OCH3 is 2. The number of carboxylic acids is 2. The summed E-state index contributed by atoms with van der Waals surface area (Å²) in [6, 6.07) is 25.4. The molecule has 216 valence electrons. The second-order valence-electron chi connectivity index (χ2n) is 9.65. The van der Waals surface area contributed by atoms with Gasteiger partial charge in [0.2, 0.25) is 5.91 Å². The summed E-state index contributed by atoms with van der Waals surface area (Å²) in [6.07, 6.45) is 0. The first kappa shape index (κ1) is 28.6. The Morgan fingerprint density at radius 1 is 0.698 bits per heavy atom. The molecule has 1 amide bonds. The number of benzene rings is 4. The van der Waals surface area contributed by atoms with Crippen molar-refractivity contribution >= 4 is 17.8 Å². The number of carbonyl (C=O) groups excluding carboxylic acids is 1. The molecule has 0 atom stereocenters. The van der Waals surface area contributed by atoms with E-state index < -0.39 is 17.8 Å². The number of primary amides is 1. The van der Waals surface area contributed by atoms with E-state index in [4.69, 9.17) is 20.2 Å². The maximum atomic E-state index is 12.0. The molecule has 4 N–H and O–H groups in total. The van der Waals surface area contributed by atoms with E-state index in [2.05, 4.69) is 0 Å². The van der Waals surface area contributed by atoms with Crippen LogP contribution in [0.3, 0.4) is 0 Å².